The van der Waals surface area contributed by atoms with Crippen LogP contribution in [-0.2, 0) is 18.4 Å². The molecule has 0 unspecified atom stereocenters. The van der Waals surface area contributed by atoms with E-state index in [1.54, 1.807) is 12.1 Å². The molecule has 3 aromatic rings. The van der Waals surface area contributed by atoms with E-state index in [1.807, 2.05) is 30.3 Å². The van der Waals surface area contributed by atoms with Gasteiger partial charge >= 0.3 is 5.97 Å². The topological polar surface area (TPSA) is 61.8 Å². The summed E-state index contributed by atoms with van der Waals surface area (Å²) in [4.78, 5) is 26.2. The van der Waals surface area contributed by atoms with Crippen LogP contribution in [0, 0.1) is 17.3 Å². The van der Waals surface area contributed by atoms with Gasteiger partial charge in [0.15, 0.2) is 8.32 Å². The molecule has 0 aromatic heterocycles. The van der Waals surface area contributed by atoms with E-state index in [9.17, 15) is 9.59 Å². The third-order valence-electron chi connectivity index (χ3n) is 10.6. The molecule has 3 aromatic carbocycles. The number of aldehydes is 1. The number of carbonyl (C=O) groups is 2. The van der Waals surface area contributed by atoms with Gasteiger partial charge in [-0.1, -0.05) is 127 Å². The molecule has 1 saturated carbocycles. The minimum absolute atomic E-state index is 0.0129. The standard InChI is InChI=1S/C39H54O5Si2/c1-37(2,3)45(8,9)44-35-25-26-39(7,29-42-36(41)30-19-13-10-14-20-30)34(27-40)33(35)28-43-46(38(4,5)6,31-21-15-11-16-22-31)32-23-17-12-18-24-32/h10-24,27,33-35H,25-26,28-29H2,1-9H3/t33-,34+,35-,39-/m0/s1. The maximum atomic E-state index is 13.2. The van der Waals surface area contributed by atoms with E-state index < -0.39 is 28.0 Å². The molecule has 0 saturated heterocycles. The minimum Gasteiger partial charge on any atom is -0.461 e. The van der Waals surface area contributed by atoms with Gasteiger partial charge in [-0.25, -0.2) is 4.79 Å². The van der Waals surface area contributed by atoms with E-state index >= 15 is 0 Å². The average Bonchev–Trinajstić information content (AvgIpc) is 3.01. The van der Waals surface area contributed by atoms with Crippen molar-refractivity contribution in [2.45, 2.75) is 90.6 Å². The van der Waals surface area contributed by atoms with Crippen molar-refractivity contribution in [3.05, 3.63) is 96.6 Å². The molecule has 7 heteroatoms. The Balaban J connectivity index is 1.75. The van der Waals surface area contributed by atoms with Crippen LogP contribution in [0.5, 0.6) is 0 Å². The summed E-state index contributed by atoms with van der Waals surface area (Å²) in [7, 11) is -5.06. The molecule has 0 heterocycles. The summed E-state index contributed by atoms with van der Waals surface area (Å²) in [6.45, 7) is 20.7. The molecule has 1 fully saturated rings. The number of esters is 1. The third kappa shape index (κ3) is 7.48. The lowest BCUT2D eigenvalue weighted by Crippen LogP contribution is -2.67. The van der Waals surface area contributed by atoms with Crippen molar-refractivity contribution in [3.8, 4) is 0 Å². The van der Waals surface area contributed by atoms with Gasteiger partial charge in [0.2, 0.25) is 0 Å². The molecule has 0 spiro atoms. The molecule has 46 heavy (non-hydrogen) atoms. The number of benzene rings is 3. The van der Waals surface area contributed by atoms with Crippen molar-refractivity contribution >= 4 is 39.3 Å². The SMILES string of the molecule is CC(C)(C)[Si](C)(C)O[C@H]1CC[C@@](C)(COC(=O)c2ccccc2)[C@H](C=O)[C@@H]1CO[Si](c1ccccc1)(c1ccccc1)C(C)(C)C. The normalized spacial score (nSPS) is 22.7. The highest BCUT2D eigenvalue weighted by Crippen LogP contribution is 2.48. The first-order chi connectivity index (χ1) is 21.6. The van der Waals surface area contributed by atoms with Crippen molar-refractivity contribution < 1.29 is 23.2 Å². The minimum atomic E-state index is -2.87. The fourth-order valence-corrected chi connectivity index (χ4v) is 12.8. The predicted molar refractivity (Wildman–Crippen MR) is 193 cm³/mol. The summed E-state index contributed by atoms with van der Waals surface area (Å²) < 4.78 is 20.5. The molecule has 5 nitrogen and oxygen atoms in total. The van der Waals surface area contributed by atoms with Crippen LogP contribution in [0.2, 0.25) is 23.2 Å². The Hall–Kier alpha value is -2.85. The van der Waals surface area contributed by atoms with E-state index in [-0.39, 0.29) is 34.7 Å². The van der Waals surface area contributed by atoms with Gasteiger partial charge in [0.1, 0.15) is 6.29 Å². The van der Waals surface area contributed by atoms with Crippen molar-refractivity contribution in [1.82, 2.24) is 0 Å². The van der Waals surface area contributed by atoms with Gasteiger partial charge in [0.25, 0.3) is 8.32 Å². The fourth-order valence-electron chi connectivity index (χ4n) is 6.82. The Kier molecular flexibility index (Phi) is 11.0. The lowest BCUT2D eigenvalue weighted by Gasteiger charge is -2.51. The van der Waals surface area contributed by atoms with Gasteiger partial charge < -0.3 is 18.4 Å². The van der Waals surface area contributed by atoms with E-state index in [2.05, 4.69) is 110 Å². The Morgan fingerprint density at radius 3 is 1.78 bits per heavy atom. The second-order valence-electron chi connectivity index (χ2n) is 15.9. The van der Waals surface area contributed by atoms with Gasteiger partial charge in [-0.2, -0.15) is 0 Å². The zero-order valence-corrected chi connectivity index (χ0v) is 31.3. The van der Waals surface area contributed by atoms with E-state index in [1.165, 1.54) is 10.4 Å². The molecule has 248 valence electrons. The highest BCUT2D eigenvalue weighted by Gasteiger charge is 2.54. The highest BCUT2D eigenvalue weighted by atomic mass is 28.4. The van der Waals surface area contributed by atoms with Crippen LogP contribution in [-0.4, -0.2) is 48.2 Å². The van der Waals surface area contributed by atoms with Crippen LogP contribution in [0.3, 0.4) is 0 Å². The van der Waals surface area contributed by atoms with Crippen molar-refractivity contribution in [1.29, 1.82) is 0 Å². The average molecular weight is 659 g/mol. The largest absolute Gasteiger partial charge is 0.461 e. The highest BCUT2D eigenvalue weighted by molar-refractivity contribution is 6.99. The van der Waals surface area contributed by atoms with Crippen LogP contribution in [0.15, 0.2) is 91.0 Å². The predicted octanol–water partition coefficient (Wildman–Crippen LogP) is 8.04. The second kappa shape index (κ2) is 14.1. The summed E-state index contributed by atoms with van der Waals surface area (Å²) >= 11 is 0. The molecule has 0 bridgehead atoms. The Bertz CT molecular complexity index is 1390. The van der Waals surface area contributed by atoms with Gasteiger partial charge in [-0.15, -0.1) is 0 Å². The van der Waals surface area contributed by atoms with Crippen LogP contribution >= 0.6 is 0 Å². The molecular formula is C39H54O5Si2. The molecule has 0 radical (unpaired) electrons. The number of hydrogen-bond acceptors (Lipinski definition) is 5. The second-order valence-corrected chi connectivity index (χ2v) is 24.9. The Labute approximate surface area is 279 Å². The molecule has 4 atom stereocenters. The summed E-state index contributed by atoms with van der Waals surface area (Å²) in [5, 5.41) is 2.21. The summed E-state index contributed by atoms with van der Waals surface area (Å²) in [5.41, 5.74) is -0.0471. The smallest absolute Gasteiger partial charge is 0.338 e. The first-order valence-electron chi connectivity index (χ1n) is 16.7. The first kappa shape index (κ1) is 36.0. The summed E-state index contributed by atoms with van der Waals surface area (Å²) in [6, 6.07) is 30.3. The fraction of sp³-hybridized carbons (Fsp3) is 0.487. The molecule has 4 rings (SSSR count). The molecule has 0 N–H and O–H groups in total. The monoisotopic (exact) mass is 658 g/mol. The zero-order chi connectivity index (χ0) is 33.8. The number of hydrogen-bond donors (Lipinski definition) is 0. The van der Waals surface area contributed by atoms with E-state index in [0.717, 1.165) is 12.7 Å². The Morgan fingerprint density at radius 1 is 0.826 bits per heavy atom. The van der Waals surface area contributed by atoms with E-state index in [0.29, 0.717) is 18.6 Å². The zero-order valence-electron chi connectivity index (χ0n) is 29.3. The van der Waals surface area contributed by atoms with Gasteiger partial charge in [-0.3, -0.25) is 0 Å². The number of rotatable bonds is 11. The quantitative estimate of drug-likeness (QED) is 0.119. The maximum absolute atomic E-state index is 13.2. The van der Waals surface area contributed by atoms with Crippen LogP contribution in [0.1, 0.15) is 71.7 Å². The number of ether oxygens (including phenoxy) is 1. The first-order valence-corrected chi connectivity index (χ1v) is 21.5. The third-order valence-corrected chi connectivity index (χ3v) is 20.1. The Morgan fingerprint density at radius 2 is 1.33 bits per heavy atom. The van der Waals surface area contributed by atoms with Crippen molar-refractivity contribution in [2.75, 3.05) is 13.2 Å². The van der Waals surface area contributed by atoms with Crippen LogP contribution < -0.4 is 10.4 Å². The lowest BCUT2D eigenvalue weighted by atomic mass is 9.62. The van der Waals surface area contributed by atoms with Crippen molar-refractivity contribution in [2.24, 2.45) is 17.3 Å². The van der Waals surface area contributed by atoms with Crippen LogP contribution in [0.25, 0.3) is 0 Å². The van der Waals surface area contributed by atoms with Crippen molar-refractivity contribution in [3.63, 3.8) is 0 Å². The summed E-state index contributed by atoms with van der Waals surface area (Å²) in [5.74, 6) is -0.994. The molecule has 0 aliphatic heterocycles. The van der Waals surface area contributed by atoms with Crippen LogP contribution in [0.4, 0.5) is 0 Å². The van der Waals surface area contributed by atoms with Gasteiger partial charge in [0, 0.05) is 23.9 Å². The van der Waals surface area contributed by atoms with Gasteiger partial charge in [-0.05, 0) is 58.5 Å². The van der Waals surface area contributed by atoms with E-state index in [4.69, 9.17) is 13.6 Å². The lowest BCUT2D eigenvalue weighted by molar-refractivity contribution is -0.130. The molecular weight excluding hydrogens is 605 g/mol. The summed E-state index contributed by atoms with van der Waals surface area (Å²) in [6.07, 6.45) is 2.42. The molecule has 1 aliphatic rings. The van der Waals surface area contributed by atoms with Gasteiger partial charge in [0.05, 0.1) is 18.3 Å². The molecule has 0 amide bonds. The number of carbonyl (C=O) groups excluding carboxylic acids is 2. The maximum Gasteiger partial charge on any atom is 0.338 e. The molecule has 1 aliphatic carbocycles.